The number of nitrogens with one attached hydrogen (secondary N) is 1. The summed E-state index contributed by atoms with van der Waals surface area (Å²) in [6.07, 6.45) is 0.0942. The highest BCUT2D eigenvalue weighted by Crippen LogP contribution is 2.22. The quantitative estimate of drug-likeness (QED) is 0.395. The molecule has 182 valence electrons. The summed E-state index contributed by atoms with van der Waals surface area (Å²) in [6, 6.07) is 18.0. The predicted molar refractivity (Wildman–Crippen MR) is 129 cm³/mol. The Kier molecular flexibility index (Phi) is 7.08. The number of benzene rings is 3. The summed E-state index contributed by atoms with van der Waals surface area (Å²) in [4.78, 5) is 36.7. The van der Waals surface area contributed by atoms with Crippen LogP contribution in [0.25, 0.3) is 10.8 Å². The first-order valence-electron chi connectivity index (χ1n) is 11.0. The van der Waals surface area contributed by atoms with E-state index in [1.165, 1.54) is 22.5 Å². The molecule has 1 heterocycles. The van der Waals surface area contributed by atoms with E-state index in [9.17, 15) is 28.1 Å². The predicted octanol–water partition coefficient (Wildman–Crippen LogP) is 2.40. The molecule has 3 aromatic carbocycles. The minimum absolute atomic E-state index is 0.0835. The third-order valence-corrected chi connectivity index (χ3v) is 7.79. The average molecular weight is 497 g/mol. The van der Waals surface area contributed by atoms with Crippen LogP contribution in [0, 0.1) is 10.1 Å². The number of hydrogen-bond donors (Lipinski definition) is 1. The molecule has 1 fully saturated rings. The molecule has 1 aliphatic rings. The number of rotatable bonds is 7. The van der Waals surface area contributed by atoms with Crippen molar-refractivity contribution in [3.63, 3.8) is 0 Å². The first kappa shape index (κ1) is 24.3. The van der Waals surface area contributed by atoms with E-state index < -0.39 is 14.9 Å². The number of nitrogens with zero attached hydrogens (tertiary/aromatic N) is 3. The Balaban J connectivity index is 1.27. The number of non-ortho nitro benzene ring substituents is 1. The van der Waals surface area contributed by atoms with Gasteiger partial charge < -0.3 is 10.2 Å². The number of nitro groups is 1. The lowest BCUT2D eigenvalue weighted by atomic mass is 10.1. The Bertz CT molecular complexity index is 1380. The smallest absolute Gasteiger partial charge is 0.270 e. The van der Waals surface area contributed by atoms with Gasteiger partial charge in [0.25, 0.3) is 11.6 Å². The lowest BCUT2D eigenvalue weighted by Gasteiger charge is -2.34. The molecule has 1 N–H and O–H groups in total. The lowest BCUT2D eigenvalue weighted by Crippen LogP contribution is -2.50. The highest BCUT2D eigenvalue weighted by molar-refractivity contribution is 7.89. The van der Waals surface area contributed by atoms with Gasteiger partial charge in [0.05, 0.1) is 9.82 Å². The Hall–Kier alpha value is -3.83. The molecular formula is C24H24N4O6S. The van der Waals surface area contributed by atoms with Gasteiger partial charge >= 0.3 is 0 Å². The first-order valence-corrected chi connectivity index (χ1v) is 12.5. The number of nitro benzene ring substituents is 1. The highest BCUT2D eigenvalue weighted by atomic mass is 32.2. The van der Waals surface area contributed by atoms with Gasteiger partial charge in [-0.25, -0.2) is 8.42 Å². The van der Waals surface area contributed by atoms with Crippen molar-refractivity contribution in [3.05, 3.63) is 82.4 Å². The standard InChI is InChI=1S/C24H24N4O6S/c29-23(10-11-25-24(30)20-9-8-18-4-1-2-5-19(18)16-20)26-12-14-27(15-13-26)35(33,34)22-7-3-6-21(17-22)28(31)32/h1-9,16-17H,10-15H2,(H,25,30). The molecule has 4 rings (SSSR count). The molecule has 10 nitrogen and oxygen atoms in total. The minimum atomic E-state index is -3.91. The van der Waals surface area contributed by atoms with Gasteiger partial charge in [-0.05, 0) is 29.0 Å². The molecule has 1 saturated heterocycles. The second-order valence-corrected chi connectivity index (χ2v) is 10.0. The maximum Gasteiger partial charge on any atom is 0.270 e. The molecule has 11 heteroatoms. The van der Waals surface area contributed by atoms with Crippen molar-refractivity contribution < 1.29 is 22.9 Å². The van der Waals surface area contributed by atoms with Gasteiger partial charge in [0.15, 0.2) is 0 Å². The Morgan fingerprint density at radius 1 is 0.914 bits per heavy atom. The summed E-state index contributed by atoms with van der Waals surface area (Å²) in [5, 5.41) is 15.7. The molecule has 2 amide bonds. The van der Waals surface area contributed by atoms with Gasteiger partial charge in [-0.15, -0.1) is 0 Å². The highest BCUT2D eigenvalue weighted by Gasteiger charge is 2.30. The van der Waals surface area contributed by atoms with Crippen LogP contribution in [0.2, 0.25) is 0 Å². The zero-order valence-electron chi connectivity index (χ0n) is 18.8. The van der Waals surface area contributed by atoms with Crippen LogP contribution in [-0.2, 0) is 14.8 Å². The number of piperazine rings is 1. The summed E-state index contributed by atoms with van der Waals surface area (Å²) in [5.41, 5.74) is 0.210. The maximum absolute atomic E-state index is 12.9. The molecule has 0 atom stereocenters. The van der Waals surface area contributed by atoms with Crippen LogP contribution in [0.15, 0.2) is 71.6 Å². The average Bonchev–Trinajstić information content (AvgIpc) is 2.88. The number of hydrogen-bond acceptors (Lipinski definition) is 6. The zero-order valence-corrected chi connectivity index (χ0v) is 19.6. The fourth-order valence-electron chi connectivity index (χ4n) is 3.96. The molecule has 1 aliphatic heterocycles. The molecule has 0 spiro atoms. The van der Waals surface area contributed by atoms with Crippen molar-refractivity contribution >= 4 is 38.3 Å². The van der Waals surface area contributed by atoms with Crippen molar-refractivity contribution in [1.82, 2.24) is 14.5 Å². The fraction of sp³-hybridized carbons (Fsp3) is 0.250. The van der Waals surface area contributed by atoms with Crippen molar-refractivity contribution in [1.29, 1.82) is 0 Å². The number of carbonyl (C=O) groups excluding carboxylic acids is 2. The van der Waals surface area contributed by atoms with Crippen LogP contribution < -0.4 is 5.32 Å². The number of amides is 2. The molecule has 0 bridgehead atoms. The summed E-state index contributed by atoms with van der Waals surface area (Å²) in [7, 11) is -3.91. The molecule has 0 radical (unpaired) electrons. The van der Waals surface area contributed by atoms with Crippen molar-refractivity contribution in [3.8, 4) is 0 Å². The van der Waals surface area contributed by atoms with Crippen molar-refractivity contribution in [2.24, 2.45) is 0 Å². The molecule has 3 aromatic rings. The van der Waals surface area contributed by atoms with E-state index in [0.717, 1.165) is 16.8 Å². The number of sulfonamides is 1. The van der Waals surface area contributed by atoms with Crippen LogP contribution in [-0.4, -0.2) is 67.1 Å². The molecule has 0 unspecified atom stereocenters. The minimum Gasteiger partial charge on any atom is -0.352 e. The molecule has 35 heavy (non-hydrogen) atoms. The molecular weight excluding hydrogens is 472 g/mol. The van der Waals surface area contributed by atoms with Crippen LogP contribution in [0.4, 0.5) is 5.69 Å². The molecule has 0 aromatic heterocycles. The van der Waals surface area contributed by atoms with Gasteiger partial charge in [0.1, 0.15) is 0 Å². The van der Waals surface area contributed by atoms with Crippen LogP contribution >= 0.6 is 0 Å². The third-order valence-electron chi connectivity index (χ3n) is 5.89. The third kappa shape index (κ3) is 5.47. The summed E-state index contributed by atoms with van der Waals surface area (Å²) < 4.78 is 26.9. The summed E-state index contributed by atoms with van der Waals surface area (Å²) >= 11 is 0. The van der Waals surface area contributed by atoms with Gasteiger partial charge in [-0.3, -0.25) is 19.7 Å². The molecule has 0 aliphatic carbocycles. The normalized spacial score (nSPS) is 14.6. The second kappa shape index (κ2) is 10.2. The van der Waals surface area contributed by atoms with E-state index in [4.69, 9.17) is 0 Å². The van der Waals surface area contributed by atoms with E-state index in [-0.39, 0.29) is 61.5 Å². The van der Waals surface area contributed by atoms with E-state index in [2.05, 4.69) is 5.32 Å². The number of carbonyl (C=O) groups is 2. The second-order valence-electron chi connectivity index (χ2n) is 8.11. The Morgan fingerprint density at radius 2 is 1.63 bits per heavy atom. The van der Waals surface area contributed by atoms with Gasteiger partial charge in [-0.1, -0.05) is 36.4 Å². The van der Waals surface area contributed by atoms with Crippen LogP contribution in [0.3, 0.4) is 0 Å². The van der Waals surface area contributed by atoms with E-state index >= 15 is 0 Å². The van der Waals surface area contributed by atoms with E-state index in [1.807, 2.05) is 30.3 Å². The number of fused-ring (bicyclic) bond motifs is 1. The largest absolute Gasteiger partial charge is 0.352 e. The molecule has 0 saturated carbocycles. The van der Waals surface area contributed by atoms with Gasteiger partial charge in [0, 0.05) is 56.8 Å². The maximum atomic E-state index is 12.9. The SMILES string of the molecule is O=C(NCCC(=O)N1CCN(S(=O)(=O)c2cccc([N+](=O)[O-])c2)CC1)c1ccc2ccccc2c1. The lowest BCUT2D eigenvalue weighted by molar-refractivity contribution is -0.385. The first-order chi connectivity index (χ1) is 16.8. The fourth-order valence-corrected chi connectivity index (χ4v) is 5.42. The Morgan fingerprint density at radius 3 is 2.34 bits per heavy atom. The van der Waals surface area contributed by atoms with Crippen molar-refractivity contribution in [2.75, 3.05) is 32.7 Å². The van der Waals surface area contributed by atoms with E-state index in [0.29, 0.717) is 5.56 Å². The van der Waals surface area contributed by atoms with Gasteiger partial charge in [-0.2, -0.15) is 4.31 Å². The van der Waals surface area contributed by atoms with Crippen molar-refractivity contribution in [2.45, 2.75) is 11.3 Å². The summed E-state index contributed by atoms with van der Waals surface area (Å²) in [5.74, 6) is -0.451. The van der Waals surface area contributed by atoms with Crippen LogP contribution in [0.1, 0.15) is 16.8 Å². The summed E-state index contributed by atoms with van der Waals surface area (Å²) in [6.45, 7) is 0.730. The van der Waals surface area contributed by atoms with E-state index in [1.54, 1.807) is 17.0 Å². The van der Waals surface area contributed by atoms with Gasteiger partial charge in [0.2, 0.25) is 15.9 Å². The topological polar surface area (TPSA) is 130 Å². The monoisotopic (exact) mass is 496 g/mol. The zero-order chi connectivity index (χ0) is 25.0. The Labute approximate surface area is 202 Å². The van der Waals surface area contributed by atoms with Crippen LogP contribution in [0.5, 0.6) is 0 Å².